The first-order chi connectivity index (χ1) is 8.35. The number of hydrazine groups is 1. The number of nitrogens with two attached hydrogens (primary N) is 1. The largest absolute Gasteiger partial charge is 0.382 e. The predicted molar refractivity (Wildman–Crippen MR) is 76.4 cm³/mol. The molecule has 0 saturated carbocycles. The molecule has 0 heterocycles. The molecule has 5 nitrogen and oxygen atoms in total. The van der Waals surface area contributed by atoms with Crippen molar-refractivity contribution in [3.63, 3.8) is 0 Å². The minimum absolute atomic E-state index is 0.672. The smallest absolute Gasteiger partial charge is 0.205 e. The Labute approximate surface area is 109 Å². The maximum Gasteiger partial charge on any atom is 0.205 e. The van der Waals surface area contributed by atoms with Crippen LogP contribution in [0.4, 0.5) is 0 Å². The standard InChI is InChI=1S/C11H26N4OS/c1-3-16-9-6-8-14-11(15-12)13-7-4-5-10-17-2/h3-10,12H2,1-2H3,(H2,13,14,15). The molecule has 0 aliphatic carbocycles. The topological polar surface area (TPSA) is 71.7 Å². The van der Waals surface area contributed by atoms with E-state index in [1.807, 2.05) is 18.7 Å². The third-order valence-corrected chi connectivity index (χ3v) is 2.82. The van der Waals surface area contributed by atoms with Crippen LogP contribution in [0.3, 0.4) is 0 Å². The van der Waals surface area contributed by atoms with Gasteiger partial charge in [0.2, 0.25) is 5.96 Å². The highest BCUT2D eigenvalue weighted by molar-refractivity contribution is 7.98. The van der Waals surface area contributed by atoms with E-state index in [1.165, 1.54) is 12.2 Å². The van der Waals surface area contributed by atoms with Gasteiger partial charge in [0, 0.05) is 26.3 Å². The van der Waals surface area contributed by atoms with Crippen molar-refractivity contribution in [1.82, 2.24) is 10.7 Å². The van der Waals surface area contributed by atoms with Gasteiger partial charge in [-0.05, 0) is 38.2 Å². The van der Waals surface area contributed by atoms with E-state index >= 15 is 0 Å². The van der Waals surface area contributed by atoms with E-state index in [0.29, 0.717) is 5.96 Å². The summed E-state index contributed by atoms with van der Waals surface area (Å²) >= 11 is 1.88. The summed E-state index contributed by atoms with van der Waals surface area (Å²) < 4.78 is 5.23. The molecule has 0 rings (SSSR count). The maximum absolute atomic E-state index is 5.38. The van der Waals surface area contributed by atoms with Gasteiger partial charge in [-0.1, -0.05) is 0 Å². The predicted octanol–water partition coefficient (Wildman–Crippen LogP) is 0.965. The van der Waals surface area contributed by atoms with Gasteiger partial charge in [-0.15, -0.1) is 0 Å². The van der Waals surface area contributed by atoms with Crippen LogP contribution in [0.25, 0.3) is 0 Å². The molecular formula is C11H26N4OS. The fourth-order valence-corrected chi connectivity index (χ4v) is 1.73. The van der Waals surface area contributed by atoms with Crippen LogP contribution < -0.4 is 16.6 Å². The van der Waals surface area contributed by atoms with Crippen LogP contribution in [-0.4, -0.2) is 44.3 Å². The van der Waals surface area contributed by atoms with Crippen LogP contribution in [0.5, 0.6) is 0 Å². The lowest BCUT2D eigenvalue weighted by Gasteiger charge is -2.08. The molecule has 0 amide bonds. The van der Waals surface area contributed by atoms with Crippen molar-refractivity contribution in [3.05, 3.63) is 0 Å². The second-order valence-electron chi connectivity index (χ2n) is 3.55. The van der Waals surface area contributed by atoms with Gasteiger partial charge >= 0.3 is 0 Å². The van der Waals surface area contributed by atoms with E-state index in [2.05, 4.69) is 22.0 Å². The molecule has 0 saturated heterocycles. The fraction of sp³-hybridized carbons (Fsp3) is 0.909. The Morgan fingerprint density at radius 2 is 2.18 bits per heavy atom. The van der Waals surface area contributed by atoms with E-state index in [-0.39, 0.29) is 0 Å². The van der Waals surface area contributed by atoms with Crippen LogP contribution in [0.1, 0.15) is 26.2 Å². The van der Waals surface area contributed by atoms with Gasteiger partial charge in [0.1, 0.15) is 0 Å². The van der Waals surface area contributed by atoms with Gasteiger partial charge in [0.05, 0.1) is 0 Å². The first-order valence-corrected chi connectivity index (χ1v) is 7.56. The number of nitrogens with one attached hydrogen (secondary N) is 2. The van der Waals surface area contributed by atoms with Gasteiger partial charge in [-0.25, -0.2) is 5.84 Å². The van der Waals surface area contributed by atoms with Gasteiger partial charge in [-0.3, -0.25) is 10.4 Å². The molecule has 4 N–H and O–H groups in total. The third-order valence-electron chi connectivity index (χ3n) is 2.13. The highest BCUT2D eigenvalue weighted by Crippen LogP contribution is 1.97. The van der Waals surface area contributed by atoms with E-state index in [9.17, 15) is 0 Å². The van der Waals surface area contributed by atoms with Gasteiger partial charge in [0.25, 0.3) is 0 Å². The number of aliphatic imine (C=N–C) groups is 1. The fourth-order valence-electron chi connectivity index (χ4n) is 1.23. The van der Waals surface area contributed by atoms with Crippen molar-refractivity contribution < 1.29 is 4.74 Å². The summed E-state index contributed by atoms with van der Waals surface area (Å²) in [5.41, 5.74) is 2.58. The summed E-state index contributed by atoms with van der Waals surface area (Å²) in [6.45, 7) is 5.16. The molecule has 0 aromatic rings. The summed E-state index contributed by atoms with van der Waals surface area (Å²) in [5.74, 6) is 7.25. The quantitative estimate of drug-likeness (QED) is 0.180. The van der Waals surface area contributed by atoms with Crippen LogP contribution in [-0.2, 0) is 4.74 Å². The second kappa shape index (κ2) is 13.6. The molecule has 6 heteroatoms. The average Bonchev–Trinajstić information content (AvgIpc) is 2.36. The zero-order valence-electron chi connectivity index (χ0n) is 11.0. The lowest BCUT2D eigenvalue weighted by atomic mass is 10.3. The number of hydrogen-bond donors (Lipinski definition) is 3. The van der Waals surface area contributed by atoms with E-state index in [4.69, 9.17) is 10.6 Å². The van der Waals surface area contributed by atoms with Crippen LogP contribution in [0, 0.1) is 0 Å². The number of hydrogen-bond acceptors (Lipinski definition) is 4. The van der Waals surface area contributed by atoms with E-state index in [1.54, 1.807) is 0 Å². The van der Waals surface area contributed by atoms with E-state index in [0.717, 1.165) is 39.1 Å². The molecule has 0 unspecified atom stereocenters. The highest BCUT2D eigenvalue weighted by Gasteiger charge is 1.95. The molecule has 0 aromatic heterocycles. The summed E-state index contributed by atoms with van der Waals surface area (Å²) in [6.07, 6.45) is 5.41. The van der Waals surface area contributed by atoms with Crippen LogP contribution in [0.15, 0.2) is 4.99 Å². The molecular weight excluding hydrogens is 236 g/mol. The number of rotatable bonds is 10. The first kappa shape index (κ1) is 16.5. The number of nitrogens with zero attached hydrogens (tertiary/aromatic N) is 1. The Morgan fingerprint density at radius 3 is 2.82 bits per heavy atom. The minimum atomic E-state index is 0.672. The molecule has 0 bridgehead atoms. The SMILES string of the molecule is CCOCCCN=C(NN)NCCCCSC. The monoisotopic (exact) mass is 262 g/mol. The molecule has 0 atom stereocenters. The Bertz CT molecular complexity index is 190. The molecule has 0 aliphatic rings. The van der Waals surface area contributed by atoms with Crippen LogP contribution in [0.2, 0.25) is 0 Å². The number of thioether (sulfide) groups is 1. The van der Waals surface area contributed by atoms with Crippen molar-refractivity contribution in [2.75, 3.05) is 38.3 Å². The van der Waals surface area contributed by atoms with Crippen molar-refractivity contribution in [1.29, 1.82) is 0 Å². The molecule has 102 valence electrons. The van der Waals surface area contributed by atoms with Gasteiger partial charge in [-0.2, -0.15) is 11.8 Å². The van der Waals surface area contributed by atoms with Crippen molar-refractivity contribution in [2.45, 2.75) is 26.2 Å². The number of ether oxygens (including phenoxy) is 1. The minimum Gasteiger partial charge on any atom is -0.382 e. The number of guanidine groups is 1. The van der Waals surface area contributed by atoms with Gasteiger partial charge < -0.3 is 10.1 Å². The molecule has 0 aromatic carbocycles. The maximum atomic E-state index is 5.38. The summed E-state index contributed by atoms with van der Waals surface area (Å²) in [5, 5.41) is 3.18. The lowest BCUT2D eigenvalue weighted by Crippen LogP contribution is -2.42. The highest BCUT2D eigenvalue weighted by atomic mass is 32.2. The summed E-state index contributed by atoms with van der Waals surface area (Å²) in [6, 6.07) is 0. The summed E-state index contributed by atoms with van der Waals surface area (Å²) in [7, 11) is 0. The summed E-state index contributed by atoms with van der Waals surface area (Å²) in [4.78, 5) is 4.32. The van der Waals surface area contributed by atoms with Gasteiger partial charge in [0.15, 0.2) is 0 Å². The zero-order valence-corrected chi connectivity index (χ0v) is 11.8. The third kappa shape index (κ3) is 11.8. The molecule has 0 aliphatic heterocycles. The molecule has 0 radical (unpaired) electrons. The Hall–Kier alpha value is -0.460. The Balaban J connectivity index is 3.49. The second-order valence-corrected chi connectivity index (χ2v) is 4.54. The molecule has 0 spiro atoms. The molecule has 17 heavy (non-hydrogen) atoms. The zero-order chi connectivity index (χ0) is 12.8. The van der Waals surface area contributed by atoms with E-state index < -0.39 is 0 Å². The Kier molecular flexibility index (Phi) is 13.2. The van der Waals surface area contributed by atoms with Crippen molar-refractivity contribution in [3.8, 4) is 0 Å². The first-order valence-electron chi connectivity index (χ1n) is 6.16. The molecule has 0 fully saturated rings. The number of unbranched alkanes of at least 4 members (excludes halogenated alkanes) is 1. The normalized spacial score (nSPS) is 11.6. The van der Waals surface area contributed by atoms with Crippen molar-refractivity contribution in [2.24, 2.45) is 10.8 Å². The lowest BCUT2D eigenvalue weighted by molar-refractivity contribution is 0.146. The van der Waals surface area contributed by atoms with Crippen molar-refractivity contribution >= 4 is 17.7 Å². The van der Waals surface area contributed by atoms with Crippen LogP contribution >= 0.6 is 11.8 Å². The Morgan fingerprint density at radius 1 is 1.35 bits per heavy atom. The average molecular weight is 262 g/mol.